The van der Waals surface area contributed by atoms with Crippen molar-refractivity contribution in [3.63, 3.8) is 0 Å². The molecule has 0 saturated heterocycles. The second-order valence-electron chi connectivity index (χ2n) is 5.65. The normalized spacial score (nSPS) is 11.8. The van der Waals surface area contributed by atoms with Crippen LogP contribution in [0.1, 0.15) is 12.5 Å². The summed E-state index contributed by atoms with van der Waals surface area (Å²) in [6.07, 6.45) is 1.65. The molecular weight excluding hydrogens is 348 g/mol. The Hall–Kier alpha value is -2.80. The number of aromatic nitrogens is 3. The highest BCUT2D eigenvalue weighted by Crippen LogP contribution is 2.23. The Kier molecular flexibility index (Phi) is 5.91. The van der Waals surface area contributed by atoms with Crippen molar-refractivity contribution in [1.29, 1.82) is 0 Å². The Balaban J connectivity index is 1.59. The van der Waals surface area contributed by atoms with E-state index in [1.54, 1.807) is 13.4 Å². The molecule has 2 aromatic carbocycles. The van der Waals surface area contributed by atoms with Gasteiger partial charge in [-0.2, -0.15) is 0 Å². The van der Waals surface area contributed by atoms with Crippen LogP contribution in [-0.4, -0.2) is 33.0 Å². The number of carbonyl (C=O) groups is 1. The van der Waals surface area contributed by atoms with Crippen LogP contribution < -0.4 is 10.1 Å². The number of amides is 1. The van der Waals surface area contributed by atoms with Crippen LogP contribution in [0, 0.1) is 0 Å². The van der Waals surface area contributed by atoms with Crippen molar-refractivity contribution in [2.45, 2.75) is 23.9 Å². The third kappa shape index (κ3) is 4.43. The molecule has 7 heteroatoms. The lowest BCUT2D eigenvalue weighted by Crippen LogP contribution is -2.30. The van der Waals surface area contributed by atoms with E-state index < -0.39 is 0 Å². The van der Waals surface area contributed by atoms with Crippen LogP contribution in [0.2, 0.25) is 0 Å². The van der Waals surface area contributed by atoms with Crippen LogP contribution in [0.25, 0.3) is 5.69 Å². The van der Waals surface area contributed by atoms with Crippen LogP contribution in [0.4, 0.5) is 0 Å². The molecule has 0 spiro atoms. The van der Waals surface area contributed by atoms with Crippen molar-refractivity contribution in [1.82, 2.24) is 20.1 Å². The second kappa shape index (κ2) is 8.53. The number of hydrogen-bond acceptors (Lipinski definition) is 5. The van der Waals surface area contributed by atoms with Gasteiger partial charge in [-0.05, 0) is 36.8 Å². The predicted molar refractivity (Wildman–Crippen MR) is 102 cm³/mol. The summed E-state index contributed by atoms with van der Waals surface area (Å²) in [6.45, 7) is 2.33. The number of thioether (sulfide) groups is 1. The van der Waals surface area contributed by atoms with Crippen molar-refractivity contribution in [2.75, 3.05) is 7.11 Å². The van der Waals surface area contributed by atoms with Gasteiger partial charge >= 0.3 is 0 Å². The van der Waals surface area contributed by atoms with E-state index in [0.29, 0.717) is 11.7 Å². The third-order valence-electron chi connectivity index (χ3n) is 3.83. The number of nitrogens with zero attached hydrogens (tertiary/aromatic N) is 3. The molecule has 3 aromatic rings. The molecule has 26 heavy (non-hydrogen) atoms. The first-order valence-corrected chi connectivity index (χ1v) is 9.08. The molecule has 0 saturated carbocycles. The number of carbonyl (C=O) groups excluding carboxylic acids is 1. The fourth-order valence-corrected chi connectivity index (χ4v) is 3.23. The zero-order valence-corrected chi connectivity index (χ0v) is 15.4. The maximum absolute atomic E-state index is 12.4. The van der Waals surface area contributed by atoms with Gasteiger partial charge in [0.1, 0.15) is 12.1 Å². The molecule has 0 radical (unpaired) electrons. The van der Waals surface area contributed by atoms with Gasteiger partial charge in [-0.1, -0.05) is 42.1 Å². The molecule has 0 aliphatic heterocycles. The van der Waals surface area contributed by atoms with Crippen LogP contribution in [0.5, 0.6) is 5.75 Å². The van der Waals surface area contributed by atoms with Gasteiger partial charge < -0.3 is 10.1 Å². The van der Waals surface area contributed by atoms with Crippen LogP contribution in [0.15, 0.2) is 66.1 Å². The Bertz CT molecular complexity index is 849. The third-order valence-corrected chi connectivity index (χ3v) is 4.88. The summed E-state index contributed by atoms with van der Waals surface area (Å²) in [5, 5.41) is 11.4. The summed E-state index contributed by atoms with van der Waals surface area (Å²) in [5.74, 6) is 0.748. The molecular formula is C19H20N4O2S. The minimum atomic E-state index is -0.292. The highest BCUT2D eigenvalue weighted by molar-refractivity contribution is 8.00. The Morgan fingerprint density at radius 2 is 1.92 bits per heavy atom. The average molecular weight is 368 g/mol. The summed E-state index contributed by atoms with van der Waals surface area (Å²) >= 11 is 1.38. The van der Waals surface area contributed by atoms with Crippen molar-refractivity contribution >= 4 is 17.7 Å². The minimum Gasteiger partial charge on any atom is -0.497 e. The van der Waals surface area contributed by atoms with Gasteiger partial charge in [0, 0.05) is 12.2 Å². The van der Waals surface area contributed by atoms with Gasteiger partial charge in [0.05, 0.1) is 12.4 Å². The average Bonchev–Trinajstić information content (AvgIpc) is 3.15. The van der Waals surface area contributed by atoms with E-state index in [9.17, 15) is 4.79 Å². The van der Waals surface area contributed by atoms with Crippen LogP contribution >= 0.6 is 11.8 Å². The van der Waals surface area contributed by atoms with E-state index >= 15 is 0 Å². The zero-order valence-electron chi connectivity index (χ0n) is 14.6. The Morgan fingerprint density at radius 1 is 1.19 bits per heavy atom. The molecule has 134 valence electrons. The summed E-state index contributed by atoms with van der Waals surface area (Å²) in [7, 11) is 1.63. The Labute approximate surface area is 156 Å². The minimum absolute atomic E-state index is 0.0478. The molecule has 0 unspecified atom stereocenters. The van der Waals surface area contributed by atoms with Crippen LogP contribution in [0.3, 0.4) is 0 Å². The lowest BCUT2D eigenvalue weighted by molar-refractivity contribution is -0.120. The van der Waals surface area contributed by atoms with Gasteiger partial charge in [0.15, 0.2) is 5.16 Å². The number of ether oxygens (including phenoxy) is 1. The van der Waals surface area contributed by atoms with Crippen molar-refractivity contribution in [3.8, 4) is 11.4 Å². The van der Waals surface area contributed by atoms with E-state index in [-0.39, 0.29) is 11.2 Å². The second-order valence-corrected chi connectivity index (χ2v) is 6.95. The van der Waals surface area contributed by atoms with E-state index in [0.717, 1.165) is 17.0 Å². The smallest absolute Gasteiger partial charge is 0.233 e. The Morgan fingerprint density at radius 3 is 2.62 bits per heavy atom. The number of hydrogen-bond donors (Lipinski definition) is 1. The topological polar surface area (TPSA) is 69.0 Å². The lowest BCUT2D eigenvalue weighted by atomic mass is 10.2. The molecule has 0 aliphatic rings. The number of benzene rings is 2. The van der Waals surface area contributed by atoms with Crippen molar-refractivity contribution in [2.24, 2.45) is 0 Å². The first kappa shape index (κ1) is 18.0. The van der Waals surface area contributed by atoms with Gasteiger partial charge in [0.25, 0.3) is 0 Å². The van der Waals surface area contributed by atoms with Crippen molar-refractivity contribution < 1.29 is 9.53 Å². The van der Waals surface area contributed by atoms with E-state index in [1.165, 1.54) is 11.8 Å². The van der Waals surface area contributed by atoms with Gasteiger partial charge in [-0.3, -0.25) is 9.36 Å². The monoisotopic (exact) mass is 368 g/mol. The van der Waals surface area contributed by atoms with E-state index in [1.807, 2.05) is 66.1 Å². The molecule has 1 aromatic heterocycles. The number of rotatable bonds is 7. The summed E-state index contributed by atoms with van der Waals surface area (Å²) in [4.78, 5) is 12.4. The van der Waals surface area contributed by atoms with E-state index in [4.69, 9.17) is 4.74 Å². The fraction of sp³-hybridized carbons (Fsp3) is 0.211. The number of methoxy groups -OCH3 is 1. The SMILES string of the molecule is COc1ccc(CNC(=O)[C@H](C)Sc2nncn2-c2ccccc2)cc1. The molecule has 0 aliphatic carbocycles. The maximum atomic E-state index is 12.4. The largest absolute Gasteiger partial charge is 0.497 e. The first-order valence-electron chi connectivity index (χ1n) is 8.20. The standard InChI is InChI=1S/C19H20N4O2S/c1-14(18(24)20-12-15-8-10-17(25-2)11-9-15)26-19-22-21-13-23(19)16-6-4-3-5-7-16/h3-11,13-14H,12H2,1-2H3,(H,20,24)/t14-/m0/s1. The highest BCUT2D eigenvalue weighted by Gasteiger charge is 2.18. The summed E-state index contributed by atoms with van der Waals surface area (Å²) < 4.78 is 7.01. The molecule has 1 heterocycles. The molecule has 0 bridgehead atoms. The first-order chi connectivity index (χ1) is 12.7. The molecule has 1 atom stereocenters. The molecule has 3 rings (SSSR count). The fourth-order valence-electron chi connectivity index (χ4n) is 2.36. The number of para-hydroxylation sites is 1. The quantitative estimate of drug-likeness (QED) is 0.649. The molecule has 6 nitrogen and oxygen atoms in total. The maximum Gasteiger partial charge on any atom is 0.233 e. The zero-order chi connectivity index (χ0) is 18.4. The van der Waals surface area contributed by atoms with Gasteiger partial charge in [-0.25, -0.2) is 0 Å². The summed E-state index contributed by atoms with van der Waals surface area (Å²) in [5.41, 5.74) is 1.98. The van der Waals surface area contributed by atoms with Gasteiger partial charge in [0.2, 0.25) is 5.91 Å². The van der Waals surface area contributed by atoms with E-state index in [2.05, 4.69) is 15.5 Å². The predicted octanol–water partition coefficient (Wildman–Crippen LogP) is 3.07. The van der Waals surface area contributed by atoms with Crippen molar-refractivity contribution in [3.05, 3.63) is 66.5 Å². The molecule has 1 N–H and O–H groups in total. The lowest BCUT2D eigenvalue weighted by Gasteiger charge is -2.12. The molecule has 0 fully saturated rings. The van der Waals surface area contributed by atoms with Gasteiger partial charge in [-0.15, -0.1) is 10.2 Å². The van der Waals surface area contributed by atoms with Crippen LogP contribution in [-0.2, 0) is 11.3 Å². The molecule has 1 amide bonds. The number of nitrogens with one attached hydrogen (secondary N) is 1. The highest BCUT2D eigenvalue weighted by atomic mass is 32.2. The summed E-state index contributed by atoms with van der Waals surface area (Å²) in [6, 6.07) is 17.4.